The van der Waals surface area contributed by atoms with E-state index in [1.165, 1.54) is 27.9 Å². The normalized spacial score (nSPS) is 28.7. The fourth-order valence-corrected chi connectivity index (χ4v) is 6.79. The van der Waals surface area contributed by atoms with Gasteiger partial charge in [0.15, 0.2) is 0 Å². The molecule has 17 heteroatoms. The molecule has 0 radical (unpaired) electrons. The van der Waals surface area contributed by atoms with Gasteiger partial charge in [0.05, 0.1) is 18.2 Å². The summed E-state index contributed by atoms with van der Waals surface area (Å²) in [6, 6.07) is 1.73. The number of carbonyl (C=O) groups is 6. The maximum absolute atomic E-state index is 14.3. The van der Waals surface area contributed by atoms with Gasteiger partial charge in [0.2, 0.25) is 17.7 Å². The minimum Gasteiger partial charge on any atom is -0.392 e. The van der Waals surface area contributed by atoms with Crippen molar-refractivity contribution in [3.63, 3.8) is 0 Å². The Hall–Kier alpha value is -4.16. The van der Waals surface area contributed by atoms with Gasteiger partial charge in [0, 0.05) is 40.0 Å². The van der Waals surface area contributed by atoms with Gasteiger partial charge in [0.1, 0.15) is 30.2 Å². The highest BCUT2D eigenvalue weighted by atomic mass is 16.5. The average Bonchev–Trinajstić information content (AvgIpc) is 3.06. The van der Waals surface area contributed by atoms with Gasteiger partial charge in [-0.15, -0.1) is 0 Å². The van der Waals surface area contributed by atoms with Crippen molar-refractivity contribution >= 4 is 35.4 Å². The summed E-state index contributed by atoms with van der Waals surface area (Å²) in [5.74, 6) is -5.51. The van der Waals surface area contributed by atoms with Gasteiger partial charge in [-0.3, -0.25) is 44.0 Å². The number of β-amino-alcohol motifs (C(OH)–C–C–N with tert-alkyl or cyclic N) is 1. The molecule has 1 aromatic rings. The number of amides is 6. The topological polar surface area (TPSA) is 215 Å². The molecule has 0 aliphatic carbocycles. The minimum atomic E-state index is -1.86. The van der Waals surface area contributed by atoms with E-state index >= 15 is 0 Å². The number of hydroxylamine groups is 2. The van der Waals surface area contributed by atoms with Crippen LogP contribution < -0.4 is 16.2 Å². The van der Waals surface area contributed by atoms with E-state index in [-0.39, 0.29) is 30.9 Å². The average molecular weight is 703 g/mol. The van der Waals surface area contributed by atoms with Crippen molar-refractivity contribution in [2.75, 3.05) is 33.7 Å². The SMILES string of the molecule is CC(C)C1C(=O)N2NCCC[C@@H]2C(=O)N(C)[C@@H](C(C)(C)O)C(=O)N2NC[C@H](O)C[C@@H]2C(=O)N(C)CC(=O)N[C@H](Cc2ccccc2)C(=O)N1O. The van der Waals surface area contributed by atoms with E-state index in [4.69, 9.17) is 0 Å². The second kappa shape index (κ2) is 15.8. The predicted octanol–water partition coefficient (Wildman–Crippen LogP) is -2.01. The van der Waals surface area contributed by atoms with Crippen molar-refractivity contribution in [3.8, 4) is 0 Å². The number of carbonyl (C=O) groups excluding carboxylic acids is 6. The van der Waals surface area contributed by atoms with Crippen LogP contribution in [0, 0.1) is 5.92 Å². The summed E-state index contributed by atoms with van der Waals surface area (Å²) in [4.78, 5) is 86.1. The molecule has 1 aromatic carbocycles. The lowest BCUT2D eigenvalue weighted by molar-refractivity contribution is -0.193. The van der Waals surface area contributed by atoms with Gasteiger partial charge < -0.3 is 25.3 Å². The first kappa shape index (κ1) is 38.6. The molecule has 3 aliphatic heterocycles. The number of fused-ring (bicyclic) bond motifs is 2. The third kappa shape index (κ3) is 8.40. The van der Waals surface area contributed by atoms with Crippen molar-refractivity contribution < 1.29 is 44.2 Å². The first-order chi connectivity index (χ1) is 23.4. The molecule has 0 saturated carbocycles. The highest BCUT2D eigenvalue weighted by molar-refractivity contribution is 5.97. The summed E-state index contributed by atoms with van der Waals surface area (Å²) in [6.07, 6.45) is -0.695. The molecule has 50 heavy (non-hydrogen) atoms. The molecule has 0 bridgehead atoms. The van der Waals surface area contributed by atoms with Crippen molar-refractivity contribution in [3.05, 3.63) is 35.9 Å². The van der Waals surface area contributed by atoms with Crippen molar-refractivity contribution in [2.24, 2.45) is 5.92 Å². The van der Waals surface area contributed by atoms with Crippen molar-refractivity contribution in [2.45, 2.75) is 95.3 Å². The van der Waals surface area contributed by atoms with Crippen LogP contribution in [0.1, 0.15) is 52.5 Å². The summed E-state index contributed by atoms with van der Waals surface area (Å²) in [6.45, 7) is 5.50. The number of nitrogens with zero attached hydrogens (tertiary/aromatic N) is 5. The maximum Gasteiger partial charge on any atom is 0.269 e. The molecule has 17 nitrogen and oxygen atoms in total. The number of likely N-dealkylation sites (N-methyl/N-ethyl adjacent to an activating group) is 2. The molecule has 276 valence electrons. The quantitative estimate of drug-likeness (QED) is 0.189. The molecule has 6 atom stereocenters. The van der Waals surface area contributed by atoms with Gasteiger partial charge in [0.25, 0.3) is 17.7 Å². The molecule has 0 aromatic heterocycles. The summed E-state index contributed by atoms with van der Waals surface area (Å²) in [7, 11) is 2.62. The highest BCUT2D eigenvalue weighted by Gasteiger charge is 2.49. The summed E-state index contributed by atoms with van der Waals surface area (Å²) in [5, 5.41) is 38.1. The van der Waals surface area contributed by atoms with Gasteiger partial charge >= 0.3 is 0 Å². The first-order valence-electron chi connectivity index (χ1n) is 16.8. The molecule has 4 rings (SSSR count). The fourth-order valence-electron chi connectivity index (χ4n) is 6.79. The van der Waals surface area contributed by atoms with Crippen LogP contribution in [0.25, 0.3) is 0 Å². The van der Waals surface area contributed by atoms with E-state index in [1.807, 2.05) is 0 Å². The minimum absolute atomic E-state index is 0.0631. The van der Waals surface area contributed by atoms with Crippen LogP contribution >= 0.6 is 0 Å². The number of benzene rings is 1. The van der Waals surface area contributed by atoms with Crippen LogP contribution in [0.4, 0.5) is 0 Å². The summed E-state index contributed by atoms with van der Waals surface area (Å²) in [5.41, 5.74) is 4.44. The number of nitrogens with one attached hydrogen (secondary N) is 3. The third-order valence-electron chi connectivity index (χ3n) is 9.28. The van der Waals surface area contributed by atoms with Crippen LogP contribution in [0.15, 0.2) is 30.3 Å². The van der Waals surface area contributed by atoms with E-state index in [0.717, 1.165) is 19.8 Å². The summed E-state index contributed by atoms with van der Waals surface area (Å²) >= 11 is 0. The van der Waals surface area contributed by atoms with Crippen LogP contribution in [0.3, 0.4) is 0 Å². The Bertz CT molecular complexity index is 1440. The van der Waals surface area contributed by atoms with Gasteiger partial charge in [-0.25, -0.2) is 15.9 Å². The van der Waals surface area contributed by atoms with Crippen LogP contribution in [0.5, 0.6) is 0 Å². The van der Waals surface area contributed by atoms with E-state index in [9.17, 15) is 44.2 Å². The predicted molar refractivity (Wildman–Crippen MR) is 177 cm³/mol. The molecule has 3 aliphatic rings. The van der Waals surface area contributed by atoms with E-state index in [1.54, 1.807) is 44.2 Å². The Balaban J connectivity index is 1.83. The highest BCUT2D eigenvalue weighted by Crippen LogP contribution is 2.26. The van der Waals surface area contributed by atoms with Crippen LogP contribution in [-0.4, -0.2) is 151 Å². The van der Waals surface area contributed by atoms with Crippen LogP contribution in [-0.2, 0) is 35.2 Å². The number of rotatable bonds is 4. The smallest absolute Gasteiger partial charge is 0.269 e. The monoisotopic (exact) mass is 702 g/mol. The van der Waals surface area contributed by atoms with E-state index in [2.05, 4.69) is 16.2 Å². The fraction of sp³-hybridized carbons (Fsp3) is 0.636. The Labute approximate surface area is 291 Å². The molecule has 6 amide bonds. The molecule has 0 spiro atoms. The number of hydrogen-bond donors (Lipinski definition) is 6. The molecule has 1 unspecified atom stereocenters. The lowest BCUT2D eigenvalue weighted by atomic mass is 9.93. The maximum atomic E-state index is 14.3. The Kier molecular flexibility index (Phi) is 12.2. The molecule has 6 N–H and O–H groups in total. The Morgan fingerprint density at radius 2 is 1.52 bits per heavy atom. The summed E-state index contributed by atoms with van der Waals surface area (Å²) < 4.78 is 0. The number of hydrogen-bond acceptors (Lipinski definition) is 11. The molecule has 3 fully saturated rings. The van der Waals surface area contributed by atoms with Gasteiger partial charge in [-0.05, 0) is 38.2 Å². The van der Waals surface area contributed by atoms with E-state index in [0.29, 0.717) is 18.5 Å². The molecule has 3 saturated heterocycles. The standard InChI is InChI=1S/C33H50N8O9/c1-19(2)26-31(47)39-23(13-10-14-34-39)30(46)38(6)27(33(3,4)49)32(48)40-24(16-21(42)17-35-40)29(45)37(5)18-25(43)36-22(28(44)41(26)50)15-20-11-8-7-9-12-20/h7-9,11-12,19,21-24,26-27,34-35,42,49-50H,10,13-18H2,1-6H3,(H,36,43)/t21-,22-,23-,24-,26?,27-/m1/s1. The van der Waals surface area contributed by atoms with Crippen molar-refractivity contribution in [1.82, 2.24) is 41.0 Å². The zero-order valence-electron chi connectivity index (χ0n) is 29.4. The van der Waals surface area contributed by atoms with Gasteiger partial charge in [-0.2, -0.15) is 0 Å². The second-order valence-corrected chi connectivity index (χ2v) is 14.1. The lowest BCUT2D eigenvalue weighted by Gasteiger charge is -2.46. The number of aliphatic hydroxyl groups excluding tert-OH is 1. The number of aliphatic hydroxyl groups is 2. The van der Waals surface area contributed by atoms with Crippen LogP contribution in [0.2, 0.25) is 0 Å². The zero-order valence-corrected chi connectivity index (χ0v) is 29.4. The Morgan fingerprint density at radius 3 is 2.14 bits per heavy atom. The largest absolute Gasteiger partial charge is 0.392 e. The number of hydrazine groups is 2. The molecular formula is C33H50N8O9. The third-order valence-corrected chi connectivity index (χ3v) is 9.28. The Morgan fingerprint density at radius 1 is 0.880 bits per heavy atom. The second-order valence-electron chi connectivity index (χ2n) is 14.1. The van der Waals surface area contributed by atoms with Crippen molar-refractivity contribution in [1.29, 1.82) is 0 Å². The lowest BCUT2D eigenvalue weighted by Crippen LogP contribution is -2.70. The zero-order chi connectivity index (χ0) is 37.1. The first-order valence-corrected chi connectivity index (χ1v) is 16.8. The molecule has 3 heterocycles. The van der Waals surface area contributed by atoms with E-state index < -0.39 is 89.8 Å². The molecular weight excluding hydrogens is 652 g/mol. The van der Waals surface area contributed by atoms with Gasteiger partial charge in [-0.1, -0.05) is 44.2 Å².